The minimum absolute atomic E-state index is 1.01. The summed E-state index contributed by atoms with van der Waals surface area (Å²) >= 11 is 0. The number of aliphatic imine (C=N–C) groups is 1. The lowest BCUT2D eigenvalue weighted by molar-refractivity contribution is 0.414. The van der Waals surface area contributed by atoms with Gasteiger partial charge in [0.05, 0.1) is 0 Å². The van der Waals surface area contributed by atoms with Gasteiger partial charge in [-0.3, -0.25) is 0 Å². The zero-order valence-corrected chi connectivity index (χ0v) is 8.70. The number of nitrogens with zero attached hydrogens (tertiary/aromatic N) is 2. The summed E-state index contributed by atoms with van der Waals surface area (Å²) in [6.07, 6.45) is 2.96. The van der Waals surface area contributed by atoms with E-state index in [9.17, 15) is 0 Å². The quantitative estimate of drug-likeness (QED) is 0.468. The normalized spacial score (nSPS) is 12.5. The zero-order valence-electron chi connectivity index (χ0n) is 7.54. The number of hydrogen-bond donors (Lipinski definition) is 0. The molecule has 0 rings (SSSR count). The average molecular weight is 172 g/mol. The molecule has 0 aliphatic carbocycles. The summed E-state index contributed by atoms with van der Waals surface area (Å²) in [6.45, 7) is 5.14. The SMILES string of the molecule is C/C=N\C(=C/P)N(C)CCC. The minimum Gasteiger partial charge on any atom is -0.360 e. The van der Waals surface area contributed by atoms with Crippen molar-refractivity contribution >= 4 is 15.5 Å². The summed E-state index contributed by atoms with van der Waals surface area (Å²) in [5.74, 6) is 2.95. The third-order valence-corrected chi connectivity index (χ3v) is 1.66. The molecule has 0 amide bonds. The van der Waals surface area contributed by atoms with Crippen LogP contribution < -0.4 is 0 Å². The summed E-state index contributed by atoms with van der Waals surface area (Å²) < 4.78 is 0. The minimum atomic E-state index is 1.01. The number of hydrogen-bond acceptors (Lipinski definition) is 2. The van der Waals surface area contributed by atoms with Gasteiger partial charge in [-0.15, -0.1) is 9.24 Å². The Hall–Kier alpha value is -0.360. The molecule has 0 spiro atoms. The molecule has 1 unspecified atom stereocenters. The second-order valence-corrected chi connectivity index (χ2v) is 2.67. The molecular weight excluding hydrogens is 155 g/mol. The summed E-state index contributed by atoms with van der Waals surface area (Å²) in [6, 6.07) is 0. The lowest BCUT2D eigenvalue weighted by Gasteiger charge is -2.17. The fraction of sp³-hybridized carbons (Fsp3) is 0.625. The van der Waals surface area contributed by atoms with E-state index in [1.807, 2.05) is 26.0 Å². The highest BCUT2D eigenvalue weighted by Crippen LogP contribution is 2.05. The third kappa shape index (κ3) is 4.15. The maximum atomic E-state index is 4.20. The van der Waals surface area contributed by atoms with Crippen LogP contribution in [-0.2, 0) is 0 Å². The van der Waals surface area contributed by atoms with Crippen LogP contribution in [0.5, 0.6) is 0 Å². The van der Waals surface area contributed by atoms with Crippen LogP contribution in [0.2, 0.25) is 0 Å². The van der Waals surface area contributed by atoms with Crippen molar-refractivity contribution < 1.29 is 0 Å². The molecular formula is C8H17N2P. The van der Waals surface area contributed by atoms with Gasteiger partial charge in [-0.05, 0) is 19.2 Å². The van der Waals surface area contributed by atoms with Gasteiger partial charge in [0.25, 0.3) is 0 Å². The standard InChI is InChI=1S/C8H17N2P/c1-4-6-10(3)8(7-11)9-5-2/h5,7H,4,6,11H2,1-3H3/b8-7+,9-5-. The van der Waals surface area contributed by atoms with Crippen molar-refractivity contribution in [3.63, 3.8) is 0 Å². The fourth-order valence-corrected chi connectivity index (χ4v) is 1.19. The van der Waals surface area contributed by atoms with Crippen molar-refractivity contribution in [2.45, 2.75) is 20.3 Å². The highest BCUT2D eigenvalue weighted by atomic mass is 31.0. The molecule has 0 N–H and O–H groups in total. The van der Waals surface area contributed by atoms with E-state index in [1.165, 1.54) is 0 Å². The highest BCUT2D eigenvalue weighted by molar-refractivity contribution is 7.20. The van der Waals surface area contributed by atoms with E-state index in [0.29, 0.717) is 0 Å². The molecule has 0 saturated heterocycles. The monoisotopic (exact) mass is 172 g/mol. The zero-order chi connectivity index (χ0) is 8.69. The summed E-state index contributed by atoms with van der Waals surface area (Å²) in [5, 5.41) is 0. The van der Waals surface area contributed by atoms with Crippen molar-refractivity contribution in [2.24, 2.45) is 4.99 Å². The van der Waals surface area contributed by atoms with E-state index in [-0.39, 0.29) is 0 Å². The Morgan fingerprint density at radius 3 is 2.64 bits per heavy atom. The molecule has 0 aliphatic heterocycles. The smallest absolute Gasteiger partial charge is 0.127 e. The van der Waals surface area contributed by atoms with Gasteiger partial charge < -0.3 is 4.90 Å². The summed E-state index contributed by atoms with van der Waals surface area (Å²) in [5.41, 5.74) is 0. The van der Waals surface area contributed by atoms with Crippen LogP contribution in [0.3, 0.4) is 0 Å². The van der Waals surface area contributed by atoms with Gasteiger partial charge >= 0.3 is 0 Å². The number of rotatable bonds is 4. The second kappa shape index (κ2) is 6.36. The van der Waals surface area contributed by atoms with Gasteiger partial charge in [-0.1, -0.05) is 6.92 Å². The molecule has 0 heterocycles. The Labute approximate surface area is 71.6 Å². The average Bonchev–Trinajstić information content (AvgIpc) is 2.00. The summed E-state index contributed by atoms with van der Waals surface area (Å²) in [4.78, 5) is 6.33. The van der Waals surface area contributed by atoms with Crippen LogP contribution in [0.15, 0.2) is 16.6 Å². The van der Waals surface area contributed by atoms with E-state index >= 15 is 0 Å². The molecule has 0 saturated carbocycles. The Balaban J connectivity index is 4.04. The Kier molecular flexibility index (Phi) is 6.15. The molecule has 2 nitrogen and oxygen atoms in total. The first-order chi connectivity index (χ1) is 5.26. The van der Waals surface area contributed by atoms with Crippen LogP contribution in [0.1, 0.15) is 20.3 Å². The van der Waals surface area contributed by atoms with Crippen LogP contribution in [0.25, 0.3) is 0 Å². The molecule has 1 atom stereocenters. The molecule has 0 bridgehead atoms. The van der Waals surface area contributed by atoms with Crippen LogP contribution >= 0.6 is 9.24 Å². The molecule has 3 heteroatoms. The molecule has 0 aromatic carbocycles. The van der Waals surface area contributed by atoms with Gasteiger partial charge in [0.15, 0.2) is 0 Å². The van der Waals surface area contributed by atoms with Crippen molar-refractivity contribution in [1.29, 1.82) is 0 Å². The lowest BCUT2D eigenvalue weighted by atomic mass is 10.4. The predicted molar refractivity (Wildman–Crippen MR) is 54.9 cm³/mol. The molecule has 0 fully saturated rings. The molecule has 0 aliphatic rings. The Bertz CT molecular complexity index is 152. The van der Waals surface area contributed by atoms with Crippen LogP contribution in [0, 0.1) is 0 Å². The fourth-order valence-electron chi connectivity index (χ4n) is 0.851. The molecule has 0 radical (unpaired) electrons. The first-order valence-electron chi connectivity index (χ1n) is 3.88. The van der Waals surface area contributed by atoms with Gasteiger partial charge in [0.2, 0.25) is 0 Å². The Morgan fingerprint density at radius 2 is 2.27 bits per heavy atom. The first-order valence-corrected chi connectivity index (χ1v) is 4.54. The van der Waals surface area contributed by atoms with Gasteiger partial charge in [-0.25, -0.2) is 4.99 Å². The van der Waals surface area contributed by atoms with Crippen molar-refractivity contribution in [3.05, 3.63) is 11.6 Å². The van der Waals surface area contributed by atoms with E-state index in [4.69, 9.17) is 0 Å². The van der Waals surface area contributed by atoms with E-state index < -0.39 is 0 Å². The van der Waals surface area contributed by atoms with Crippen molar-refractivity contribution in [1.82, 2.24) is 4.90 Å². The van der Waals surface area contributed by atoms with Gasteiger partial charge in [0.1, 0.15) is 5.82 Å². The van der Waals surface area contributed by atoms with E-state index in [2.05, 4.69) is 26.1 Å². The molecule has 0 aromatic heterocycles. The van der Waals surface area contributed by atoms with Crippen molar-refractivity contribution in [2.75, 3.05) is 13.6 Å². The third-order valence-electron chi connectivity index (χ3n) is 1.36. The van der Waals surface area contributed by atoms with Crippen LogP contribution in [-0.4, -0.2) is 24.7 Å². The molecule has 64 valence electrons. The summed E-state index contributed by atoms with van der Waals surface area (Å²) in [7, 11) is 4.62. The van der Waals surface area contributed by atoms with Crippen LogP contribution in [0.4, 0.5) is 0 Å². The Morgan fingerprint density at radius 1 is 1.64 bits per heavy atom. The highest BCUT2D eigenvalue weighted by Gasteiger charge is 1.97. The topological polar surface area (TPSA) is 15.6 Å². The largest absolute Gasteiger partial charge is 0.360 e. The van der Waals surface area contributed by atoms with Gasteiger partial charge in [0, 0.05) is 19.8 Å². The molecule has 11 heavy (non-hydrogen) atoms. The van der Waals surface area contributed by atoms with E-state index in [0.717, 1.165) is 18.8 Å². The molecule has 0 aromatic rings. The lowest BCUT2D eigenvalue weighted by Crippen LogP contribution is -2.16. The second-order valence-electron chi connectivity index (χ2n) is 2.33. The maximum absolute atomic E-state index is 4.20. The maximum Gasteiger partial charge on any atom is 0.127 e. The first kappa shape index (κ1) is 10.6. The van der Waals surface area contributed by atoms with E-state index in [1.54, 1.807) is 0 Å². The van der Waals surface area contributed by atoms with Gasteiger partial charge in [-0.2, -0.15) is 0 Å². The predicted octanol–water partition coefficient (Wildman–Crippen LogP) is 2.09. The van der Waals surface area contributed by atoms with Crippen molar-refractivity contribution in [3.8, 4) is 0 Å².